The summed E-state index contributed by atoms with van der Waals surface area (Å²) in [5.41, 5.74) is 2.99. The number of fused-ring (bicyclic) bond motifs is 1. The lowest BCUT2D eigenvalue weighted by Crippen LogP contribution is -2.09. The van der Waals surface area contributed by atoms with Gasteiger partial charge in [-0.2, -0.15) is 0 Å². The van der Waals surface area contributed by atoms with Crippen LogP contribution in [0.2, 0.25) is 0 Å². The minimum absolute atomic E-state index is 0.162. The van der Waals surface area contributed by atoms with E-state index in [0.717, 1.165) is 18.3 Å². The quantitative estimate of drug-likeness (QED) is 0.659. The SMILES string of the molecule is C[C@@H]1c2cc(C=O)ccc2C[C@H]1O. The van der Waals surface area contributed by atoms with E-state index >= 15 is 0 Å². The van der Waals surface area contributed by atoms with Crippen molar-refractivity contribution in [3.63, 3.8) is 0 Å². The van der Waals surface area contributed by atoms with E-state index in [-0.39, 0.29) is 12.0 Å². The van der Waals surface area contributed by atoms with Crippen molar-refractivity contribution >= 4 is 6.29 Å². The summed E-state index contributed by atoms with van der Waals surface area (Å²) >= 11 is 0. The maximum atomic E-state index is 10.5. The lowest BCUT2D eigenvalue weighted by molar-refractivity contribution is 0.112. The van der Waals surface area contributed by atoms with E-state index in [1.54, 1.807) is 6.07 Å². The van der Waals surface area contributed by atoms with Crippen LogP contribution in [-0.2, 0) is 6.42 Å². The second kappa shape index (κ2) is 2.96. The van der Waals surface area contributed by atoms with Crippen molar-refractivity contribution in [2.45, 2.75) is 25.4 Å². The van der Waals surface area contributed by atoms with E-state index in [4.69, 9.17) is 0 Å². The molecule has 0 amide bonds. The summed E-state index contributed by atoms with van der Waals surface area (Å²) in [7, 11) is 0. The molecule has 1 aromatic carbocycles. The van der Waals surface area contributed by atoms with Crippen LogP contribution in [0.3, 0.4) is 0 Å². The maximum absolute atomic E-state index is 10.5. The molecule has 2 rings (SSSR count). The summed E-state index contributed by atoms with van der Waals surface area (Å²) in [6.07, 6.45) is 1.28. The molecule has 2 atom stereocenters. The molecule has 1 aliphatic carbocycles. The molecule has 0 saturated carbocycles. The van der Waals surface area contributed by atoms with Gasteiger partial charge in [-0.05, 0) is 23.6 Å². The minimum Gasteiger partial charge on any atom is -0.392 e. The number of carbonyl (C=O) groups is 1. The topological polar surface area (TPSA) is 37.3 Å². The Morgan fingerprint density at radius 3 is 3.00 bits per heavy atom. The zero-order valence-corrected chi connectivity index (χ0v) is 7.53. The Morgan fingerprint density at radius 1 is 1.54 bits per heavy atom. The van der Waals surface area contributed by atoms with Gasteiger partial charge < -0.3 is 5.11 Å². The van der Waals surface area contributed by atoms with Crippen LogP contribution in [-0.4, -0.2) is 17.5 Å². The average molecular weight is 176 g/mol. The van der Waals surface area contributed by atoms with Gasteiger partial charge in [0.1, 0.15) is 6.29 Å². The Hall–Kier alpha value is -1.15. The third-order valence-corrected chi connectivity index (χ3v) is 2.80. The fourth-order valence-corrected chi connectivity index (χ4v) is 1.91. The van der Waals surface area contributed by atoms with E-state index in [1.807, 2.05) is 19.1 Å². The molecular weight excluding hydrogens is 164 g/mol. The van der Waals surface area contributed by atoms with Gasteiger partial charge in [0.15, 0.2) is 0 Å². The summed E-state index contributed by atoms with van der Waals surface area (Å²) in [5.74, 6) is 0.162. The highest BCUT2D eigenvalue weighted by molar-refractivity contribution is 5.75. The summed E-state index contributed by atoms with van der Waals surface area (Å²) in [6.45, 7) is 1.99. The minimum atomic E-state index is -0.281. The number of aliphatic hydroxyl groups excluding tert-OH is 1. The highest BCUT2D eigenvalue weighted by Gasteiger charge is 2.27. The predicted octanol–water partition coefficient (Wildman–Crippen LogP) is 1.52. The molecule has 2 nitrogen and oxygen atoms in total. The number of hydrogen-bond acceptors (Lipinski definition) is 2. The van der Waals surface area contributed by atoms with Gasteiger partial charge in [0.25, 0.3) is 0 Å². The van der Waals surface area contributed by atoms with Crippen molar-refractivity contribution in [3.05, 3.63) is 34.9 Å². The first-order chi connectivity index (χ1) is 6.22. The molecule has 1 aliphatic rings. The Kier molecular flexibility index (Phi) is 1.93. The number of rotatable bonds is 1. The lowest BCUT2D eigenvalue weighted by Gasteiger charge is -2.08. The van der Waals surface area contributed by atoms with Crippen LogP contribution >= 0.6 is 0 Å². The molecule has 0 unspecified atom stereocenters. The van der Waals surface area contributed by atoms with Gasteiger partial charge in [0.2, 0.25) is 0 Å². The predicted molar refractivity (Wildman–Crippen MR) is 50.0 cm³/mol. The zero-order valence-electron chi connectivity index (χ0n) is 7.53. The van der Waals surface area contributed by atoms with E-state index in [0.29, 0.717) is 5.56 Å². The third kappa shape index (κ3) is 1.27. The van der Waals surface area contributed by atoms with E-state index in [1.165, 1.54) is 5.56 Å². The second-order valence-electron chi connectivity index (χ2n) is 3.64. The van der Waals surface area contributed by atoms with Crippen molar-refractivity contribution < 1.29 is 9.90 Å². The smallest absolute Gasteiger partial charge is 0.150 e. The number of aliphatic hydroxyl groups is 1. The molecule has 0 spiro atoms. The Morgan fingerprint density at radius 2 is 2.31 bits per heavy atom. The van der Waals surface area contributed by atoms with Crippen molar-refractivity contribution in [1.29, 1.82) is 0 Å². The van der Waals surface area contributed by atoms with Crippen molar-refractivity contribution in [3.8, 4) is 0 Å². The van der Waals surface area contributed by atoms with Gasteiger partial charge in [0, 0.05) is 11.5 Å². The summed E-state index contributed by atoms with van der Waals surface area (Å²) in [4.78, 5) is 10.5. The zero-order chi connectivity index (χ0) is 9.42. The van der Waals surface area contributed by atoms with Crippen LogP contribution in [0.25, 0.3) is 0 Å². The fraction of sp³-hybridized carbons (Fsp3) is 0.364. The Bertz CT molecular complexity index is 344. The van der Waals surface area contributed by atoms with Crippen molar-refractivity contribution in [2.24, 2.45) is 0 Å². The molecule has 0 aliphatic heterocycles. The van der Waals surface area contributed by atoms with Gasteiger partial charge >= 0.3 is 0 Å². The molecule has 1 aromatic rings. The van der Waals surface area contributed by atoms with Gasteiger partial charge in [-0.3, -0.25) is 4.79 Å². The summed E-state index contributed by atoms with van der Waals surface area (Å²) in [6, 6.07) is 5.62. The first kappa shape index (κ1) is 8.45. The van der Waals surface area contributed by atoms with E-state index in [9.17, 15) is 9.90 Å². The van der Waals surface area contributed by atoms with Crippen molar-refractivity contribution in [1.82, 2.24) is 0 Å². The number of aldehydes is 1. The monoisotopic (exact) mass is 176 g/mol. The molecule has 68 valence electrons. The molecule has 2 heteroatoms. The van der Waals surface area contributed by atoms with Gasteiger partial charge in [-0.25, -0.2) is 0 Å². The average Bonchev–Trinajstić information content (AvgIpc) is 2.43. The first-order valence-corrected chi connectivity index (χ1v) is 4.48. The fourth-order valence-electron chi connectivity index (χ4n) is 1.91. The molecule has 1 N–H and O–H groups in total. The molecular formula is C11H12O2. The molecule has 0 heterocycles. The van der Waals surface area contributed by atoms with Crippen LogP contribution in [0.5, 0.6) is 0 Å². The van der Waals surface area contributed by atoms with Crippen molar-refractivity contribution in [2.75, 3.05) is 0 Å². The number of benzene rings is 1. The van der Waals surface area contributed by atoms with Gasteiger partial charge in [-0.15, -0.1) is 0 Å². The highest BCUT2D eigenvalue weighted by Crippen LogP contribution is 2.33. The van der Waals surface area contributed by atoms with Crippen LogP contribution < -0.4 is 0 Å². The van der Waals surface area contributed by atoms with Crippen LogP contribution in [0.4, 0.5) is 0 Å². The van der Waals surface area contributed by atoms with Crippen LogP contribution in [0.1, 0.15) is 34.3 Å². The van der Waals surface area contributed by atoms with Crippen LogP contribution in [0, 0.1) is 0 Å². The third-order valence-electron chi connectivity index (χ3n) is 2.80. The first-order valence-electron chi connectivity index (χ1n) is 4.48. The Balaban J connectivity index is 2.47. The molecule has 0 radical (unpaired) electrons. The second-order valence-corrected chi connectivity index (χ2v) is 3.64. The van der Waals surface area contributed by atoms with E-state index < -0.39 is 0 Å². The summed E-state index contributed by atoms with van der Waals surface area (Å²) < 4.78 is 0. The molecule has 0 bridgehead atoms. The largest absolute Gasteiger partial charge is 0.392 e. The highest BCUT2D eigenvalue weighted by atomic mass is 16.3. The normalized spacial score (nSPS) is 25.7. The maximum Gasteiger partial charge on any atom is 0.150 e. The van der Waals surface area contributed by atoms with Crippen LogP contribution in [0.15, 0.2) is 18.2 Å². The Labute approximate surface area is 77.2 Å². The molecule has 0 saturated heterocycles. The molecule has 13 heavy (non-hydrogen) atoms. The number of hydrogen-bond donors (Lipinski definition) is 1. The molecule has 0 aromatic heterocycles. The number of carbonyl (C=O) groups excluding carboxylic acids is 1. The van der Waals surface area contributed by atoms with E-state index in [2.05, 4.69) is 0 Å². The van der Waals surface area contributed by atoms with Gasteiger partial charge in [0.05, 0.1) is 6.10 Å². The van der Waals surface area contributed by atoms with Gasteiger partial charge in [-0.1, -0.05) is 19.1 Å². The summed E-state index contributed by atoms with van der Waals surface area (Å²) in [5, 5.41) is 9.59. The standard InChI is InChI=1S/C11H12O2/c1-7-10-4-8(6-12)2-3-9(10)5-11(7)13/h2-4,6-7,11,13H,5H2,1H3/t7-,11-/m1/s1. The molecule has 0 fully saturated rings. The lowest BCUT2D eigenvalue weighted by atomic mass is 10.0.